The third kappa shape index (κ3) is 3.01. The van der Waals surface area contributed by atoms with Crippen molar-refractivity contribution in [1.82, 2.24) is 10.6 Å². The van der Waals surface area contributed by atoms with Crippen LogP contribution < -0.4 is 10.6 Å². The van der Waals surface area contributed by atoms with Crippen molar-refractivity contribution in [3.05, 3.63) is 0 Å². The maximum atomic E-state index is 11.3. The van der Waals surface area contributed by atoms with Gasteiger partial charge in [-0.2, -0.15) is 0 Å². The molecule has 0 radical (unpaired) electrons. The summed E-state index contributed by atoms with van der Waals surface area (Å²) in [6.07, 6.45) is 1.72. The van der Waals surface area contributed by atoms with Crippen molar-refractivity contribution in [2.75, 3.05) is 0 Å². The maximum Gasteiger partial charge on any atom is 0.222 e. The average Bonchev–Trinajstić information content (AvgIpc) is 1.99. The highest BCUT2D eigenvalue weighted by molar-refractivity contribution is 5.78. The molecule has 1 rings (SSSR count). The van der Waals surface area contributed by atoms with E-state index in [-0.39, 0.29) is 29.8 Å². The number of nitrogens with one attached hydrogen (secondary N) is 2. The van der Waals surface area contributed by atoms with E-state index in [1.54, 1.807) is 0 Å². The van der Waals surface area contributed by atoms with E-state index in [1.807, 2.05) is 13.8 Å². The molecule has 0 bridgehead atoms. The largest absolute Gasteiger partial charge is 0.353 e. The summed E-state index contributed by atoms with van der Waals surface area (Å²) in [5, 5.41) is 5.75. The molecule has 1 aliphatic carbocycles. The van der Waals surface area contributed by atoms with Gasteiger partial charge in [0, 0.05) is 24.9 Å². The van der Waals surface area contributed by atoms with Crippen LogP contribution in [0.15, 0.2) is 0 Å². The van der Waals surface area contributed by atoms with Gasteiger partial charge in [0.2, 0.25) is 11.8 Å². The van der Waals surface area contributed by atoms with Gasteiger partial charge in [0.05, 0.1) is 0 Å². The summed E-state index contributed by atoms with van der Waals surface area (Å²) in [5.74, 6) is 0.134. The zero-order chi connectivity index (χ0) is 10.7. The summed E-state index contributed by atoms with van der Waals surface area (Å²) in [6, 6.07) is 0.506. The molecule has 4 nitrogen and oxygen atoms in total. The van der Waals surface area contributed by atoms with Gasteiger partial charge < -0.3 is 10.6 Å². The summed E-state index contributed by atoms with van der Waals surface area (Å²) in [6.45, 7) is 5.26. The van der Waals surface area contributed by atoms with Crippen LogP contribution in [0.2, 0.25) is 0 Å². The molecule has 0 aromatic carbocycles. The molecule has 4 heteroatoms. The Morgan fingerprint density at radius 2 is 1.64 bits per heavy atom. The highest BCUT2D eigenvalue weighted by Gasteiger charge is 2.30. The van der Waals surface area contributed by atoms with Crippen molar-refractivity contribution in [2.24, 2.45) is 5.92 Å². The van der Waals surface area contributed by atoms with E-state index in [4.69, 9.17) is 0 Å². The Morgan fingerprint density at radius 3 is 2.07 bits per heavy atom. The molecule has 0 aromatic heterocycles. The first kappa shape index (κ1) is 11.0. The SMILES string of the molecule is CC(=O)NC1CC(NC(=O)C(C)C)C1. The molecule has 2 amide bonds. The predicted octanol–water partition coefficient (Wildman–Crippen LogP) is 0.426. The molecule has 0 saturated heterocycles. The van der Waals surface area contributed by atoms with E-state index < -0.39 is 0 Å². The normalized spacial score (nSPS) is 25.4. The fourth-order valence-electron chi connectivity index (χ4n) is 1.51. The lowest BCUT2D eigenvalue weighted by Crippen LogP contribution is -2.54. The van der Waals surface area contributed by atoms with E-state index in [2.05, 4.69) is 10.6 Å². The van der Waals surface area contributed by atoms with Gasteiger partial charge in [0.15, 0.2) is 0 Å². The smallest absolute Gasteiger partial charge is 0.222 e. The fraction of sp³-hybridized carbons (Fsp3) is 0.800. The summed E-state index contributed by atoms with van der Waals surface area (Å²) in [5.41, 5.74) is 0. The third-order valence-electron chi connectivity index (χ3n) is 2.42. The summed E-state index contributed by atoms with van der Waals surface area (Å²) in [4.78, 5) is 22.0. The number of rotatable bonds is 3. The lowest BCUT2D eigenvalue weighted by atomic mass is 9.86. The lowest BCUT2D eigenvalue weighted by Gasteiger charge is -2.36. The van der Waals surface area contributed by atoms with Crippen LogP contribution in [0.25, 0.3) is 0 Å². The van der Waals surface area contributed by atoms with Crippen LogP contribution >= 0.6 is 0 Å². The van der Waals surface area contributed by atoms with Crippen LogP contribution in [0.1, 0.15) is 33.6 Å². The molecule has 0 unspecified atom stereocenters. The van der Waals surface area contributed by atoms with E-state index in [1.165, 1.54) is 6.92 Å². The Hall–Kier alpha value is -1.06. The standard InChI is InChI=1S/C10H18N2O2/c1-6(2)10(14)12-9-4-8(5-9)11-7(3)13/h6,8-9H,4-5H2,1-3H3,(H,11,13)(H,12,14). The maximum absolute atomic E-state index is 11.3. The highest BCUT2D eigenvalue weighted by Crippen LogP contribution is 2.20. The Bertz CT molecular complexity index is 232. The Morgan fingerprint density at radius 1 is 1.14 bits per heavy atom. The molecule has 2 N–H and O–H groups in total. The van der Waals surface area contributed by atoms with Crippen LogP contribution in [0.5, 0.6) is 0 Å². The van der Waals surface area contributed by atoms with Crippen LogP contribution in [0.3, 0.4) is 0 Å². The van der Waals surface area contributed by atoms with E-state index >= 15 is 0 Å². The van der Waals surface area contributed by atoms with Crippen molar-refractivity contribution < 1.29 is 9.59 Å². The van der Waals surface area contributed by atoms with Gasteiger partial charge >= 0.3 is 0 Å². The molecule has 0 heterocycles. The second-order valence-corrected chi connectivity index (χ2v) is 4.23. The predicted molar refractivity (Wildman–Crippen MR) is 53.6 cm³/mol. The van der Waals surface area contributed by atoms with Gasteiger partial charge in [-0.05, 0) is 12.8 Å². The topological polar surface area (TPSA) is 58.2 Å². The Labute approximate surface area is 84.4 Å². The van der Waals surface area contributed by atoms with Crippen LogP contribution in [-0.4, -0.2) is 23.9 Å². The number of carbonyl (C=O) groups is 2. The fourth-order valence-corrected chi connectivity index (χ4v) is 1.51. The van der Waals surface area contributed by atoms with E-state index in [0.29, 0.717) is 0 Å². The number of hydrogen-bond acceptors (Lipinski definition) is 2. The van der Waals surface area contributed by atoms with E-state index in [9.17, 15) is 9.59 Å². The zero-order valence-electron chi connectivity index (χ0n) is 8.96. The summed E-state index contributed by atoms with van der Waals surface area (Å²) < 4.78 is 0. The first-order valence-electron chi connectivity index (χ1n) is 5.06. The van der Waals surface area contributed by atoms with Gasteiger partial charge in [-0.1, -0.05) is 13.8 Å². The first-order valence-corrected chi connectivity index (χ1v) is 5.06. The van der Waals surface area contributed by atoms with Crippen LogP contribution in [0, 0.1) is 5.92 Å². The Balaban J connectivity index is 2.16. The molecule has 80 valence electrons. The Kier molecular flexibility index (Phi) is 3.49. The highest BCUT2D eigenvalue weighted by atomic mass is 16.2. The van der Waals surface area contributed by atoms with Crippen LogP contribution in [0.4, 0.5) is 0 Å². The second-order valence-electron chi connectivity index (χ2n) is 4.23. The molecule has 1 saturated carbocycles. The molecule has 1 fully saturated rings. The van der Waals surface area contributed by atoms with Crippen molar-refractivity contribution in [2.45, 2.75) is 45.7 Å². The first-order chi connectivity index (χ1) is 6.49. The molecular formula is C10H18N2O2. The van der Waals surface area contributed by atoms with Crippen molar-refractivity contribution in [1.29, 1.82) is 0 Å². The van der Waals surface area contributed by atoms with Gasteiger partial charge in [-0.3, -0.25) is 9.59 Å². The lowest BCUT2D eigenvalue weighted by molar-refractivity contribution is -0.125. The number of carbonyl (C=O) groups excluding carboxylic acids is 2. The van der Waals surface area contributed by atoms with Gasteiger partial charge in [-0.25, -0.2) is 0 Å². The minimum absolute atomic E-state index is 0.00337. The minimum atomic E-state index is 0.00337. The van der Waals surface area contributed by atoms with Crippen molar-refractivity contribution >= 4 is 11.8 Å². The van der Waals surface area contributed by atoms with Crippen molar-refractivity contribution in [3.8, 4) is 0 Å². The molecular weight excluding hydrogens is 180 g/mol. The molecule has 14 heavy (non-hydrogen) atoms. The van der Waals surface area contributed by atoms with Gasteiger partial charge in [-0.15, -0.1) is 0 Å². The quantitative estimate of drug-likeness (QED) is 0.690. The minimum Gasteiger partial charge on any atom is -0.353 e. The zero-order valence-corrected chi connectivity index (χ0v) is 8.96. The van der Waals surface area contributed by atoms with Crippen LogP contribution in [-0.2, 0) is 9.59 Å². The van der Waals surface area contributed by atoms with Gasteiger partial charge in [0.1, 0.15) is 0 Å². The molecule has 0 atom stereocenters. The average molecular weight is 198 g/mol. The molecule has 0 spiro atoms. The number of hydrogen-bond donors (Lipinski definition) is 2. The second kappa shape index (κ2) is 4.44. The summed E-state index contributed by atoms with van der Waals surface area (Å²) >= 11 is 0. The molecule has 0 aliphatic heterocycles. The molecule has 1 aliphatic rings. The van der Waals surface area contributed by atoms with E-state index in [0.717, 1.165) is 12.8 Å². The van der Waals surface area contributed by atoms with Crippen molar-refractivity contribution in [3.63, 3.8) is 0 Å². The number of amides is 2. The van der Waals surface area contributed by atoms with Gasteiger partial charge in [0.25, 0.3) is 0 Å². The summed E-state index contributed by atoms with van der Waals surface area (Å²) in [7, 11) is 0. The molecule has 0 aromatic rings. The third-order valence-corrected chi connectivity index (χ3v) is 2.42. The monoisotopic (exact) mass is 198 g/mol.